The molecule has 4 heteroatoms. The van der Waals surface area contributed by atoms with Gasteiger partial charge in [0.2, 0.25) is 0 Å². The molecule has 1 aliphatic rings. The molecular formula is C15H21NO3. The van der Waals surface area contributed by atoms with Gasteiger partial charge in [-0.2, -0.15) is 0 Å². The molecule has 2 rings (SSSR count). The highest BCUT2D eigenvalue weighted by Crippen LogP contribution is 2.32. The molecule has 0 radical (unpaired) electrons. The van der Waals surface area contributed by atoms with Crippen molar-refractivity contribution in [3.05, 3.63) is 29.8 Å². The summed E-state index contributed by atoms with van der Waals surface area (Å²) in [4.78, 5) is 12.6. The minimum absolute atomic E-state index is 0.0201. The zero-order chi connectivity index (χ0) is 14.0. The number of Topliss-reactive ketones (excluding diaryl/α,β-unsaturated/α-hetero) is 1. The number of hydrogen-bond acceptors (Lipinski definition) is 4. The van der Waals surface area contributed by atoms with Gasteiger partial charge in [0.05, 0.1) is 24.7 Å². The smallest absolute Gasteiger partial charge is 0.172 e. The van der Waals surface area contributed by atoms with Gasteiger partial charge in [-0.15, -0.1) is 0 Å². The van der Waals surface area contributed by atoms with Crippen molar-refractivity contribution in [2.75, 3.05) is 13.2 Å². The fourth-order valence-corrected chi connectivity index (χ4v) is 2.24. The lowest BCUT2D eigenvalue weighted by atomic mass is 9.78. The molecule has 1 fully saturated rings. The van der Waals surface area contributed by atoms with Crippen LogP contribution in [0, 0.1) is 5.41 Å². The van der Waals surface area contributed by atoms with Crippen LogP contribution in [0.15, 0.2) is 24.3 Å². The van der Waals surface area contributed by atoms with E-state index in [-0.39, 0.29) is 17.9 Å². The fraction of sp³-hybridized carbons (Fsp3) is 0.533. The number of nitrogens with two attached hydrogens (primary N) is 1. The first-order valence-corrected chi connectivity index (χ1v) is 6.58. The van der Waals surface area contributed by atoms with Gasteiger partial charge in [-0.05, 0) is 32.9 Å². The van der Waals surface area contributed by atoms with Crippen LogP contribution < -0.4 is 10.5 Å². The normalized spacial score (nSPS) is 26.7. The van der Waals surface area contributed by atoms with Gasteiger partial charge in [0.15, 0.2) is 5.78 Å². The first-order chi connectivity index (χ1) is 8.93. The molecule has 1 aromatic carbocycles. The molecule has 0 saturated carbocycles. The Morgan fingerprint density at radius 3 is 2.84 bits per heavy atom. The second-order valence-corrected chi connectivity index (χ2v) is 5.56. The second kappa shape index (κ2) is 5.31. The Hall–Kier alpha value is -1.39. The molecule has 1 aliphatic heterocycles. The van der Waals surface area contributed by atoms with E-state index in [0.717, 1.165) is 0 Å². The second-order valence-electron chi connectivity index (χ2n) is 5.56. The molecule has 4 nitrogen and oxygen atoms in total. The zero-order valence-corrected chi connectivity index (χ0v) is 11.7. The highest BCUT2D eigenvalue weighted by atomic mass is 16.5. The van der Waals surface area contributed by atoms with Crippen molar-refractivity contribution in [1.29, 1.82) is 0 Å². The van der Waals surface area contributed by atoms with Crippen LogP contribution in [0.5, 0.6) is 5.75 Å². The minimum Gasteiger partial charge on any atom is -0.491 e. The van der Waals surface area contributed by atoms with Crippen LogP contribution in [0.3, 0.4) is 0 Å². The van der Waals surface area contributed by atoms with Gasteiger partial charge in [-0.3, -0.25) is 4.79 Å². The van der Waals surface area contributed by atoms with Gasteiger partial charge in [-0.1, -0.05) is 12.1 Å². The Labute approximate surface area is 113 Å². The van der Waals surface area contributed by atoms with Crippen molar-refractivity contribution >= 4 is 5.78 Å². The molecule has 0 bridgehead atoms. The summed E-state index contributed by atoms with van der Waals surface area (Å²) in [7, 11) is 0. The van der Waals surface area contributed by atoms with E-state index in [1.807, 2.05) is 32.9 Å². The Bertz CT molecular complexity index is 472. The summed E-state index contributed by atoms with van der Waals surface area (Å²) in [5.41, 5.74) is 5.98. The summed E-state index contributed by atoms with van der Waals surface area (Å²) in [6, 6.07) is 7.00. The molecule has 19 heavy (non-hydrogen) atoms. The maximum Gasteiger partial charge on any atom is 0.172 e. The summed E-state index contributed by atoms with van der Waals surface area (Å²) >= 11 is 0. The van der Waals surface area contributed by atoms with Crippen LogP contribution >= 0.6 is 0 Å². The molecule has 1 heterocycles. The highest BCUT2D eigenvalue weighted by molar-refractivity contribution is 6.01. The molecule has 2 N–H and O–H groups in total. The van der Waals surface area contributed by atoms with Gasteiger partial charge in [0, 0.05) is 11.6 Å². The van der Waals surface area contributed by atoms with Gasteiger partial charge >= 0.3 is 0 Å². The lowest BCUT2D eigenvalue weighted by molar-refractivity contribution is 0.0767. The van der Waals surface area contributed by atoms with E-state index in [1.165, 1.54) is 0 Å². The van der Waals surface area contributed by atoms with E-state index in [4.69, 9.17) is 15.2 Å². The molecule has 104 valence electrons. The maximum absolute atomic E-state index is 12.6. The number of benzene rings is 1. The quantitative estimate of drug-likeness (QED) is 0.844. The summed E-state index contributed by atoms with van der Waals surface area (Å²) in [5.74, 6) is 0.726. The van der Waals surface area contributed by atoms with Crippen LogP contribution in [0.1, 0.15) is 31.1 Å². The predicted octanol–water partition coefficient (Wildman–Crippen LogP) is 2.02. The molecule has 1 aromatic rings. The van der Waals surface area contributed by atoms with Crippen LogP contribution in [0.4, 0.5) is 0 Å². The van der Waals surface area contributed by atoms with Gasteiger partial charge in [0.1, 0.15) is 5.75 Å². The van der Waals surface area contributed by atoms with Crippen molar-refractivity contribution in [3.8, 4) is 5.75 Å². The van der Waals surface area contributed by atoms with Crippen LogP contribution in [-0.4, -0.2) is 31.1 Å². The van der Waals surface area contributed by atoms with Crippen molar-refractivity contribution in [2.45, 2.75) is 32.9 Å². The molecule has 0 aliphatic carbocycles. The van der Waals surface area contributed by atoms with Crippen molar-refractivity contribution in [2.24, 2.45) is 11.1 Å². The molecule has 0 aromatic heterocycles. The third-order valence-corrected chi connectivity index (χ3v) is 3.50. The average molecular weight is 263 g/mol. The first-order valence-electron chi connectivity index (χ1n) is 6.58. The van der Waals surface area contributed by atoms with Crippen molar-refractivity contribution < 1.29 is 14.3 Å². The zero-order valence-electron chi connectivity index (χ0n) is 11.7. The van der Waals surface area contributed by atoms with Gasteiger partial charge < -0.3 is 15.2 Å². The van der Waals surface area contributed by atoms with E-state index < -0.39 is 5.41 Å². The maximum atomic E-state index is 12.6. The highest BCUT2D eigenvalue weighted by Gasteiger charge is 2.44. The molecule has 2 unspecified atom stereocenters. The topological polar surface area (TPSA) is 61.5 Å². The van der Waals surface area contributed by atoms with E-state index in [2.05, 4.69) is 0 Å². The number of rotatable bonds is 4. The lowest BCUT2D eigenvalue weighted by Gasteiger charge is -2.25. The summed E-state index contributed by atoms with van der Waals surface area (Å²) < 4.78 is 10.9. The van der Waals surface area contributed by atoms with Gasteiger partial charge in [0.25, 0.3) is 0 Å². The van der Waals surface area contributed by atoms with E-state index in [9.17, 15) is 4.79 Å². The monoisotopic (exact) mass is 263 g/mol. The lowest BCUT2D eigenvalue weighted by Crippen LogP contribution is -2.44. The Morgan fingerprint density at radius 2 is 2.26 bits per heavy atom. The van der Waals surface area contributed by atoms with Gasteiger partial charge in [-0.25, -0.2) is 0 Å². The van der Waals surface area contributed by atoms with Crippen LogP contribution in [-0.2, 0) is 4.74 Å². The summed E-state index contributed by atoms with van der Waals surface area (Å²) in [6.07, 6.45) is 0.0815. The van der Waals surface area contributed by atoms with E-state index in [1.54, 1.807) is 12.1 Å². The number of ketones is 1. The Balaban J connectivity index is 2.24. The predicted molar refractivity (Wildman–Crippen MR) is 73.4 cm³/mol. The molecule has 2 atom stereocenters. The first kappa shape index (κ1) is 14.0. The van der Waals surface area contributed by atoms with Crippen molar-refractivity contribution in [1.82, 2.24) is 0 Å². The van der Waals surface area contributed by atoms with Crippen LogP contribution in [0.25, 0.3) is 0 Å². The minimum atomic E-state index is -0.642. The Kier molecular flexibility index (Phi) is 3.92. The molecular weight excluding hydrogens is 242 g/mol. The third kappa shape index (κ3) is 2.80. The van der Waals surface area contributed by atoms with E-state index in [0.29, 0.717) is 24.5 Å². The number of ether oxygens (including phenoxy) is 2. The van der Waals surface area contributed by atoms with Crippen molar-refractivity contribution in [3.63, 3.8) is 0 Å². The average Bonchev–Trinajstić information content (AvgIpc) is 2.69. The standard InChI is InChI=1S/C15H21NO3/c1-10(2)19-12-6-4-5-11(7-12)14(17)15(3)9-18-8-13(15)16/h4-7,10,13H,8-9,16H2,1-3H3. The molecule has 0 spiro atoms. The summed E-state index contributed by atoms with van der Waals surface area (Å²) in [6.45, 7) is 6.59. The third-order valence-electron chi connectivity index (χ3n) is 3.50. The largest absolute Gasteiger partial charge is 0.491 e. The van der Waals surface area contributed by atoms with E-state index >= 15 is 0 Å². The fourth-order valence-electron chi connectivity index (χ4n) is 2.24. The number of carbonyl (C=O) groups is 1. The SMILES string of the molecule is CC(C)Oc1cccc(C(=O)C2(C)COCC2N)c1. The Morgan fingerprint density at radius 1 is 1.53 bits per heavy atom. The molecule has 0 amide bonds. The number of hydrogen-bond donors (Lipinski definition) is 1. The summed E-state index contributed by atoms with van der Waals surface area (Å²) in [5, 5.41) is 0. The molecule has 1 saturated heterocycles. The van der Waals surface area contributed by atoms with Crippen LogP contribution in [0.2, 0.25) is 0 Å². The number of carbonyl (C=O) groups excluding carboxylic acids is 1.